The predicted molar refractivity (Wildman–Crippen MR) is 118 cm³/mol. The van der Waals surface area contributed by atoms with Gasteiger partial charge in [-0.05, 0) is 52.2 Å². The summed E-state index contributed by atoms with van der Waals surface area (Å²) in [5, 5.41) is 41.6. The normalized spacial score (nSPS) is 15.1. The molecule has 4 N–H and O–H groups in total. The first kappa shape index (κ1) is 22.3. The molecule has 6 nitrogen and oxygen atoms in total. The Morgan fingerprint density at radius 2 is 1.58 bits per heavy atom. The van der Waals surface area contributed by atoms with E-state index in [0.717, 1.165) is 11.1 Å². The number of hydrogen-bond acceptors (Lipinski definition) is 6. The van der Waals surface area contributed by atoms with Gasteiger partial charge in [0.15, 0.2) is 5.78 Å². The summed E-state index contributed by atoms with van der Waals surface area (Å²) in [6, 6.07) is 4.19. The molecule has 0 saturated carbocycles. The van der Waals surface area contributed by atoms with E-state index in [1.807, 2.05) is 39.8 Å². The number of aromatic hydroxyl groups is 4. The first-order valence-corrected chi connectivity index (χ1v) is 10.2. The van der Waals surface area contributed by atoms with E-state index in [0.29, 0.717) is 17.5 Å². The molecule has 2 aromatic rings. The monoisotopic (exact) mass is 424 g/mol. The zero-order chi connectivity index (χ0) is 22.9. The van der Waals surface area contributed by atoms with Crippen LogP contribution in [0.3, 0.4) is 0 Å². The van der Waals surface area contributed by atoms with Crippen molar-refractivity contribution in [2.24, 2.45) is 0 Å². The fourth-order valence-electron chi connectivity index (χ4n) is 3.56. The second-order valence-corrected chi connectivity index (χ2v) is 8.34. The third-order valence-corrected chi connectivity index (χ3v) is 5.28. The number of allylic oxidation sites excluding steroid dienone is 4. The van der Waals surface area contributed by atoms with Crippen LogP contribution in [0.25, 0.3) is 0 Å². The second kappa shape index (κ2) is 8.76. The number of phenolic OH excluding ortho intramolecular Hbond substituents is 4. The van der Waals surface area contributed by atoms with Gasteiger partial charge in [-0.15, -0.1) is 0 Å². The van der Waals surface area contributed by atoms with Gasteiger partial charge >= 0.3 is 0 Å². The smallest absolute Gasteiger partial charge is 0.174 e. The number of carbonyl (C=O) groups is 1. The molecule has 1 aliphatic heterocycles. The van der Waals surface area contributed by atoms with Crippen molar-refractivity contribution in [2.45, 2.75) is 53.1 Å². The molecule has 1 unspecified atom stereocenters. The number of ether oxygens (including phenoxy) is 1. The molecule has 0 fully saturated rings. The van der Waals surface area contributed by atoms with Crippen LogP contribution in [0, 0.1) is 0 Å². The Labute approximate surface area is 181 Å². The molecule has 0 radical (unpaired) electrons. The Balaban J connectivity index is 2.00. The number of benzene rings is 2. The summed E-state index contributed by atoms with van der Waals surface area (Å²) >= 11 is 0. The van der Waals surface area contributed by atoms with Crippen LogP contribution in [-0.2, 0) is 12.8 Å². The van der Waals surface area contributed by atoms with E-state index in [1.165, 1.54) is 12.1 Å². The molecule has 164 valence electrons. The lowest BCUT2D eigenvalue weighted by atomic mass is 9.91. The van der Waals surface area contributed by atoms with Crippen LogP contribution in [0.1, 0.15) is 67.3 Å². The van der Waals surface area contributed by atoms with Crippen LogP contribution in [0.2, 0.25) is 0 Å². The number of Topliss-reactive ketones (excluding diaryl/α,β-unsaturated/α-hetero) is 1. The molecule has 0 amide bonds. The van der Waals surface area contributed by atoms with Crippen LogP contribution >= 0.6 is 0 Å². The molecule has 3 rings (SSSR count). The Morgan fingerprint density at radius 3 is 2.23 bits per heavy atom. The Hall–Kier alpha value is -3.41. The zero-order valence-electron chi connectivity index (χ0n) is 18.2. The Kier molecular flexibility index (Phi) is 6.29. The minimum absolute atomic E-state index is 0.0363. The second-order valence-electron chi connectivity index (χ2n) is 8.34. The van der Waals surface area contributed by atoms with Crippen LogP contribution in [0.15, 0.2) is 41.5 Å². The maximum atomic E-state index is 12.9. The lowest BCUT2D eigenvalue weighted by Gasteiger charge is -2.28. The van der Waals surface area contributed by atoms with E-state index < -0.39 is 6.10 Å². The Morgan fingerprint density at radius 1 is 0.935 bits per heavy atom. The first-order valence-electron chi connectivity index (χ1n) is 10.2. The van der Waals surface area contributed by atoms with Gasteiger partial charge in [0.25, 0.3) is 0 Å². The molecular formula is C25H28O6. The minimum Gasteiger partial charge on any atom is -0.508 e. The number of ketones is 1. The largest absolute Gasteiger partial charge is 0.508 e. The lowest BCUT2D eigenvalue weighted by molar-refractivity contribution is 0.0841. The third kappa shape index (κ3) is 4.68. The van der Waals surface area contributed by atoms with E-state index in [4.69, 9.17) is 4.74 Å². The van der Waals surface area contributed by atoms with E-state index >= 15 is 0 Å². The van der Waals surface area contributed by atoms with Crippen molar-refractivity contribution in [2.75, 3.05) is 0 Å². The highest BCUT2D eigenvalue weighted by Gasteiger charge is 2.34. The summed E-state index contributed by atoms with van der Waals surface area (Å²) in [4.78, 5) is 12.9. The van der Waals surface area contributed by atoms with Gasteiger partial charge in [0.05, 0.1) is 6.42 Å². The van der Waals surface area contributed by atoms with Crippen LogP contribution in [0.5, 0.6) is 28.7 Å². The van der Waals surface area contributed by atoms with Crippen LogP contribution in [-0.4, -0.2) is 26.2 Å². The minimum atomic E-state index is -0.812. The average molecular weight is 424 g/mol. The molecule has 1 aliphatic rings. The maximum absolute atomic E-state index is 12.9. The highest BCUT2D eigenvalue weighted by molar-refractivity contribution is 6.03. The molecule has 2 aromatic carbocycles. The molecule has 0 saturated heterocycles. The molecule has 0 bridgehead atoms. The molecule has 31 heavy (non-hydrogen) atoms. The number of rotatable bonds is 5. The maximum Gasteiger partial charge on any atom is 0.174 e. The summed E-state index contributed by atoms with van der Waals surface area (Å²) in [6.45, 7) is 7.70. The van der Waals surface area contributed by atoms with Gasteiger partial charge in [-0.25, -0.2) is 0 Å². The topological polar surface area (TPSA) is 107 Å². The Bertz CT molecular complexity index is 1090. The number of carbonyl (C=O) groups excluding carboxylic acids is 1. The number of hydrogen-bond donors (Lipinski definition) is 4. The van der Waals surface area contributed by atoms with Gasteiger partial charge in [0, 0.05) is 23.3 Å². The quantitative estimate of drug-likeness (QED) is 0.490. The van der Waals surface area contributed by atoms with Gasteiger partial charge < -0.3 is 25.2 Å². The van der Waals surface area contributed by atoms with Gasteiger partial charge in [-0.3, -0.25) is 4.79 Å². The lowest BCUT2D eigenvalue weighted by Crippen LogP contribution is -2.21. The fraction of sp³-hybridized carbons (Fsp3) is 0.320. The van der Waals surface area contributed by atoms with Gasteiger partial charge in [-0.1, -0.05) is 23.3 Å². The van der Waals surface area contributed by atoms with Crippen molar-refractivity contribution >= 4 is 5.78 Å². The van der Waals surface area contributed by atoms with Crippen molar-refractivity contribution in [3.05, 3.63) is 63.8 Å². The number of fused-ring (bicyclic) bond motifs is 1. The summed E-state index contributed by atoms with van der Waals surface area (Å²) < 4.78 is 5.92. The van der Waals surface area contributed by atoms with E-state index in [9.17, 15) is 25.2 Å². The molecule has 6 heteroatoms. The predicted octanol–water partition coefficient (Wildman–Crippen LogP) is 5.23. The average Bonchev–Trinajstić information content (AvgIpc) is 2.66. The van der Waals surface area contributed by atoms with Crippen molar-refractivity contribution in [3.8, 4) is 28.7 Å². The molecule has 0 spiro atoms. The molecular weight excluding hydrogens is 396 g/mol. The van der Waals surface area contributed by atoms with Gasteiger partial charge in [0.2, 0.25) is 0 Å². The van der Waals surface area contributed by atoms with E-state index in [1.54, 1.807) is 6.07 Å². The highest BCUT2D eigenvalue weighted by atomic mass is 16.5. The van der Waals surface area contributed by atoms with Crippen molar-refractivity contribution in [1.82, 2.24) is 0 Å². The van der Waals surface area contributed by atoms with Crippen LogP contribution in [0.4, 0.5) is 0 Å². The molecule has 0 aliphatic carbocycles. The standard InChI is InChI=1S/C25H28O6/c1-13(2)5-7-15-9-17(19(27)10-18(15)26)22-12-21(29)24-23(31-22)11-20(28)16(25(24)30)8-6-14(3)4/h5-6,9-11,22,26-28,30H,7-8,12H2,1-4H3. The summed E-state index contributed by atoms with van der Waals surface area (Å²) in [5.41, 5.74) is 3.37. The summed E-state index contributed by atoms with van der Waals surface area (Å²) in [7, 11) is 0. The summed E-state index contributed by atoms with van der Waals surface area (Å²) in [5.74, 6) is -0.957. The fourth-order valence-corrected chi connectivity index (χ4v) is 3.56. The van der Waals surface area contributed by atoms with Crippen molar-refractivity contribution in [1.29, 1.82) is 0 Å². The van der Waals surface area contributed by atoms with Crippen molar-refractivity contribution < 1.29 is 30.0 Å². The van der Waals surface area contributed by atoms with Gasteiger partial charge in [0.1, 0.15) is 40.4 Å². The van der Waals surface area contributed by atoms with Gasteiger partial charge in [-0.2, -0.15) is 0 Å². The molecule has 1 heterocycles. The SMILES string of the molecule is CC(C)=CCc1cc(C2CC(=O)c3c(cc(O)c(CC=C(C)C)c3O)O2)c(O)cc1O. The highest BCUT2D eigenvalue weighted by Crippen LogP contribution is 2.46. The van der Waals surface area contributed by atoms with E-state index in [2.05, 4.69) is 0 Å². The van der Waals surface area contributed by atoms with E-state index in [-0.39, 0.29) is 58.5 Å². The van der Waals surface area contributed by atoms with Crippen LogP contribution < -0.4 is 4.74 Å². The number of phenols is 4. The molecule has 1 atom stereocenters. The summed E-state index contributed by atoms with van der Waals surface area (Å²) in [6.07, 6.45) is 3.65. The first-order chi connectivity index (χ1) is 14.6. The zero-order valence-corrected chi connectivity index (χ0v) is 18.2. The van der Waals surface area contributed by atoms with Crippen molar-refractivity contribution in [3.63, 3.8) is 0 Å². The molecule has 0 aromatic heterocycles. The third-order valence-electron chi connectivity index (χ3n) is 5.28.